The van der Waals surface area contributed by atoms with E-state index in [0.29, 0.717) is 63.0 Å². The number of nitrogens with zero attached hydrogens (tertiary/aromatic N) is 5. The molecule has 1 fully saturated rings. The second-order valence-corrected chi connectivity index (χ2v) is 8.61. The highest BCUT2D eigenvalue weighted by molar-refractivity contribution is 5.98. The molecular weight excluding hydrogens is 428 g/mol. The third-order valence-corrected chi connectivity index (χ3v) is 6.36. The summed E-state index contributed by atoms with van der Waals surface area (Å²) in [6.45, 7) is 5.88. The number of ether oxygens (including phenoxy) is 1. The Morgan fingerprint density at radius 3 is 2.53 bits per heavy atom. The molecule has 1 aromatic heterocycles. The number of nitrogens with one attached hydrogen (secondary N) is 1. The third kappa shape index (κ3) is 4.67. The van der Waals surface area contributed by atoms with Gasteiger partial charge < -0.3 is 19.5 Å². The van der Waals surface area contributed by atoms with E-state index in [-0.39, 0.29) is 5.91 Å². The molecule has 1 saturated heterocycles. The standard InChI is InChI=1S/C26H28N6O2/c27-16-21-8-4-5-9-22(21)18-31-11-10-28-25-24(26(31)33)32(17-20-6-2-1-3-7-20)23(29-25)19-30-12-14-34-15-13-30/h1-9,28H,10-15,17-19H2. The van der Waals surface area contributed by atoms with E-state index in [1.165, 1.54) is 0 Å². The second kappa shape index (κ2) is 10.1. The van der Waals surface area contributed by atoms with Gasteiger partial charge in [-0.05, 0) is 17.2 Å². The van der Waals surface area contributed by atoms with Crippen LogP contribution in [-0.4, -0.2) is 64.7 Å². The number of benzene rings is 2. The maximum absolute atomic E-state index is 13.9. The summed E-state index contributed by atoms with van der Waals surface area (Å²) >= 11 is 0. The van der Waals surface area contributed by atoms with Crippen molar-refractivity contribution in [2.24, 2.45) is 0 Å². The Morgan fingerprint density at radius 2 is 1.74 bits per heavy atom. The van der Waals surface area contributed by atoms with Crippen LogP contribution in [0.5, 0.6) is 0 Å². The summed E-state index contributed by atoms with van der Waals surface area (Å²) in [7, 11) is 0. The van der Waals surface area contributed by atoms with Gasteiger partial charge in [0.15, 0.2) is 11.5 Å². The summed E-state index contributed by atoms with van der Waals surface area (Å²) in [5.41, 5.74) is 3.14. The number of anilines is 1. The predicted octanol–water partition coefficient (Wildman–Crippen LogP) is 2.70. The molecule has 34 heavy (non-hydrogen) atoms. The summed E-state index contributed by atoms with van der Waals surface area (Å²) in [6.07, 6.45) is 0. The van der Waals surface area contributed by atoms with Crippen LogP contribution in [0.15, 0.2) is 54.6 Å². The lowest BCUT2D eigenvalue weighted by Gasteiger charge is -2.27. The van der Waals surface area contributed by atoms with Crippen LogP contribution in [0.2, 0.25) is 0 Å². The number of rotatable bonds is 6. The maximum Gasteiger partial charge on any atom is 0.274 e. The molecule has 0 bridgehead atoms. The molecule has 0 unspecified atom stereocenters. The molecule has 0 atom stereocenters. The first kappa shape index (κ1) is 22.1. The van der Waals surface area contributed by atoms with Crippen LogP contribution < -0.4 is 5.32 Å². The number of carbonyl (C=O) groups excluding carboxylic acids is 1. The molecule has 2 aliphatic heterocycles. The van der Waals surface area contributed by atoms with Gasteiger partial charge in [0.2, 0.25) is 0 Å². The minimum Gasteiger partial charge on any atom is -0.379 e. The Hall–Kier alpha value is -3.67. The van der Waals surface area contributed by atoms with E-state index in [1.807, 2.05) is 41.3 Å². The number of hydrogen-bond acceptors (Lipinski definition) is 6. The van der Waals surface area contributed by atoms with Crippen LogP contribution in [0.1, 0.15) is 33.0 Å². The molecule has 174 valence electrons. The molecular formula is C26H28N6O2. The molecule has 3 heterocycles. The van der Waals surface area contributed by atoms with Crippen molar-refractivity contribution in [1.29, 1.82) is 5.26 Å². The number of fused-ring (bicyclic) bond motifs is 1. The summed E-state index contributed by atoms with van der Waals surface area (Å²) in [6, 6.07) is 19.9. The zero-order chi connectivity index (χ0) is 23.3. The van der Waals surface area contributed by atoms with Gasteiger partial charge >= 0.3 is 0 Å². The summed E-state index contributed by atoms with van der Waals surface area (Å²) < 4.78 is 7.56. The number of aromatic nitrogens is 2. The fraction of sp³-hybridized carbons (Fsp3) is 0.346. The highest BCUT2D eigenvalue weighted by Gasteiger charge is 2.30. The fourth-order valence-electron chi connectivity index (χ4n) is 4.54. The Labute approximate surface area is 199 Å². The van der Waals surface area contributed by atoms with Crippen LogP contribution in [0.3, 0.4) is 0 Å². The van der Waals surface area contributed by atoms with Crippen LogP contribution in [-0.2, 0) is 24.4 Å². The number of hydrogen-bond donors (Lipinski definition) is 1. The second-order valence-electron chi connectivity index (χ2n) is 8.61. The molecule has 2 aromatic carbocycles. The van der Waals surface area contributed by atoms with Crippen molar-refractivity contribution in [3.05, 3.63) is 82.8 Å². The Balaban J connectivity index is 1.50. The van der Waals surface area contributed by atoms with Gasteiger partial charge in [-0.3, -0.25) is 9.69 Å². The minimum absolute atomic E-state index is 0.0654. The Kier molecular flexibility index (Phi) is 6.56. The van der Waals surface area contributed by atoms with E-state index in [9.17, 15) is 10.1 Å². The van der Waals surface area contributed by atoms with Gasteiger partial charge in [0.1, 0.15) is 5.82 Å². The zero-order valence-electron chi connectivity index (χ0n) is 19.1. The average Bonchev–Trinajstić information content (AvgIpc) is 3.12. The smallest absolute Gasteiger partial charge is 0.274 e. The van der Waals surface area contributed by atoms with Gasteiger partial charge in [0.05, 0.1) is 31.4 Å². The SMILES string of the molecule is N#Cc1ccccc1CN1CCNc2nc(CN3CCOCC3)n(Cc3ccccc3)c2C1=O. The highest BCUT2D eigenvalue weighted by atomic mass is 16.5. The van der Waals surface area contributed by atoms with Crippen molar-refractivity contribution in [3.8, 4) is 6.07 Å². The van der Waals surface area contributed by atoms with E-state index in [4.69, 9.17) is 9.72 Å². The first-order chi connectivity index (χ1) is 16.7. The zero-order valence-corrected chi connectivity index (χ0v) is 19.1. The van der Waals surface area contributed by atoms with Crippen molar-refractivity contribution in [3.63, 3.8) is 0 Å². The van der Waals surface area contributed by atoms with Crippen molar-refractivity contribution in [2.75, 3.05) is 44.7 Å². The number of morpholine rings is 1. The molecule has 8 heteroatoms. The van der Waals surface area contributed by atoms with Crippen molar-refractivity contribution in [2.45, 2.75) is 19.6 Å². The molecule has 5 rings (SSSR count). The maximum atomic E-state index is 13.9. The number of carbonyl (C=O) groups is 1. The van der Waals surface area contributed by atoms with E-state index in [0.717, 1.165) is 30.0 Å². The molecule has 2 aliphatic rings. The van der Waals surface area contributed by atoms with E-state index in [2.05, 4.69) is 33.0 Å². The third-order valence-electron chi connectivity index (χ3n) is 6.36. The highest BCUT2D eigenvalue weighted by Crippen LogP contribution is 2.26. The Morgan fingerprint density at radius 1 is 0.971 bits per heavy atom. The molecule has 1 amide bonds. The van der Waals surface area contributed by atoms with Crippen molar-refractivity contribution in [1.82, 2.24) is 19.4 Å². The summed E-state index contributed by atoms with van der Waals surface area (Å²) in [4.78, 5) is 22.9. The van der Waals surface area contributed by atoms with E-state index < -0.39 is 0 Å². The number of imidazole rings is 1. The molecule has 0 radical (unpaired) electrons. The monoisotopic (exact) mass is 456 g/mol. The van der Waals surface area contributed by atoms with Gasteiger partial charge in [-0.15, -0.1) is 0 Å². The van der Waals surface area contributed by atoms with Crippen molar-refractivity contribution >= 4 is 11.7 Å². The molecule has 0 spiro atoms. The predicted molar refractivity (Wildman–Crippen MR) is 128 cm³/mol. The lowest BCUT2D eigenvalue weighted by molar-refractivity contribution is 0.0325. The molecule has 0 saturated carbocycles. The first-order valence-electron chi connectivity index (χ1n) is 11.7. The van der Waals surface area contributed by atoms with Gasteiger partial charge in [-0.2, -0.15) is 5.26 Å². The number of nitriles is 1. The van der Waals surface area contributed by atoms with Gasteiger partial charge in [0, 0.05) is 39.3 Å². The molecule has 3 aromatic rings. The molecule has 0 aliphatic carbocycles. The number of amides is 1. The quantitative estimate of drug-likeness (QED) is 0.614. The van der Waals surface area contributed by atoms with Crippen LogP contribution in [0, 0.1) is 11.3 Å². The lowest BCUT2D eigenvalue weighted by atomic mass is 10.1. The minimum atomic E-state index is -0.0654. The van der Waals surface area contributed by atoms with Crippen molar-refractivity contribution < 1.29 is 9.53 Å². The lowest BCUT2D eigenvalue weighted by Crippen LogP contribution is -2.37. The Bertz CT molecular complexity index is 1190. The fourth-order valence-corrected chi connectivity index (χ4v) is 4.54. The van der Waals surface area contributed by atoms with Gasteiger partial charge in [-0.25, -0.2) is 4.98 Å². The van der Waals surface area contributed by atoms with Gasteiger partial charge in [0.25, 0.3) is 5.91 Å². The molecule has 1 N–H and O–H groups in total. The van der Waals surface area contributed by atoms with Crippen LogP contribution in [0.25, 0.3) is 0 Å². The van der Waals surface area contributed by atoms with Crippen LogP contribution >= 0.6 is 0 Å². The van der Waals surface area contributed by atoms with E-state index >= 15 is 0 Å². The van der Waals surface area contributed by atoms with E-state index in [1.54, 1.807) is 6.07 Å². The summed E-state index contributed by atoms with van der Waals surface area (Å²) in [5, 5.41) is 12.9. The first-order valence-corrected chi connectivity index (χ1v) is 11.7. The van der Waals surface area contributed by atoms with Crippen LogP contribution in [0.4, 0.5) is 5.82 Å². The topological polar surface area (TPSA) is 86.4 Å². The molecule has 8 nitrogen and oxygen atoms in total. The average molecular weight is 457 g/mol. The van der Waals surface area contributed by atoms with Gasteiger partial charge in [-0.1, -0.05) is 48.5 Å². The largest absolute Gasteiger partial charge is 0.379 e. The normalized spacial score (nSPS) is 16.4. The summed E-state index contributed by atoms with van der Waals surface area (Å²) in [5.74, 6) is 1.44.